The molecule has 0 fully saturated rings. The van der Waals surface area contributed by atoms with E-state index in [1.54, 1.807) is 18.2 Å². The number of rotatable bonds is 2. The van der Waals surface area contributed by atoms with E-state index >= 15 is 0 Å². The largest absolute Gasteiger partial charge is 0.416 e. The van der Waals surface area contributed by atoms with Crippen molar-refractivity contribution in [1.82, 2.24) is 0 Å². The average Bonchev–Trinajstić information content (AvgIpc) is 2.45. The number of alkyl halides is 3. The Labute approximate surface area is 120 Å². The molecule has 0 aliphatic carbocycles. The number of carbonyl (C=O) groups excluding carboxylic acids is 1. The molecule has 2 nitrogen and oxygen atoms in total. The van der Waals surface area contributed by atoms with Crippen LogP contribution in [0.3, 0.4) is 0 Å². The number of hydrogen-bond acceptors (Lipinski definition) is 1. The van der Waals surface area contributed by atoms with Gasteiger partial charge in [0.1, 0.15) is 0 Å². The van der Waals surface area contributed by atoms with Gasteiger partial charge in [0.15, 0.2) is 0 Å². The molecule has 2 aromatic rings. The highest BCUT2D eigenvalue weighted by Crippen LogP contribution is 2.30. The van der Waals surface area contributed by atoms with Gasteiger partial charge in [-0.15, -0.1) is 0 Å². The maximum atomic E-state index is 12.5. The van der Waals surface area contributed by atoms with Crippen LogP contribution in [0.15, 0.2) is 48.5 Å². The summed E-state index contributed by atoms with van der Waals surface area (Å²) in [4.78, 5) is 13.6. The topological polar surface area (TPSA) is 20.3 Å². The first-order valence-electron chi connectivity index (χ1n) is 6.31. The molecule has 0 spiro atoms. The van der Waals surface area contributed by atoms with Gasteiger partial charge in [0.05, 0.1) is 5.56 Å². The monoisotopic (exact) mass is 293 g/mol. The minimum Gasteiger partial charge on any atom is -0.311 e. The van der Waals surface area contributed by atoms with Gasteiger partial charge < -0.3 is 4.90 Å². The molecule has 2 aromatic carbocycles. The van der Waals surface area contributed by atoms with Crippen LogP contribution < -0.4 is 4.90 Å². The lowest BCUT2D eigenvalue weighted by molar-refractivity contribution is -0.137. The van der Waals surface area contributed by atoms with Crippen molar-refractivity contribution in [2.75, 3.05) is 11.9 Å². The van der Waals surface area contributed by atoms with E-state index < -0.39 is 11.7 Å². The molecule has 0 unspecified atom stereocenters. The molecule has 0 atom stereocenters. The van der Waals surface area contributed by atoms with E-state index in [-0.39, 0.29) is 5.91 Å². The summed E-state index contributed by atoms with van der Waals surface area (Å²) in [6, 6.07) is 11.6. The number of amides is 1. The van der Waals surface area contributed by atoms with Crippen molar-refractivity contribution in [1.29, 1.82) is 0 Å². The zero-order chi connectivity index (χ0) is 15.6. The lowest BCUT2D eigenvalue weighted by Gasteiger charge is -2.18. The quantitative estimate of drug-likeness (QED) is 0.809. The Morgan fingerprint density at radius 2 is 1.67 bits per heavy atom. The number of anilines is 1. The summed E-state index contributed by atoms with van der Waals surface area (Å²) < 4.78 is 37.5. The Kier molecular flexibility index (Phi) is 4.02. The van der Waals surface area contributed by atoms with Gasteiger partial charge >= 0.3 is 6.18 Å². The highest BCUT2D eigenvalue weighted by molar-refractivity contribution is 6.05. The van der Waals surface area contributed by atoms with Gasteiger partial charge in [0, 0.05) is 18.3 Å². The van der Waals surface area contributed by atoms with Gasteiger partial charge in [0.2, 0.25) is 0 Å². The fraction of sp³-hybridized carbons (Fsp3) is 0.188. The fourth-order valence-electron chi connectivity index (χ4n) is 1.96. The Morgan fingerprint density at radius 3 is 2.19 bits per heavy atom. The van der Waals surface area contributed by atoms with E-state index in [1.165, 1.54) is 24.1 Å². The number of hydrogen-bond donors (Lipinski definition) is 0. The first-order chi connectivity index (χ1) is 9.79. The van der Waals surface area contributed by atoms with Crippen LogP contribution in [0.5, 0.6) is 0 Å². The van der Waals surface area contributed by atoms with Crippen molar-refractivity contribution < 1.29 is 18.0 Å². The number of nitrogens with zero attached hydrogens (tertiary/aromatic N) is 1. The molecule has 0 heterocycles. The summed E-state index contributed by atoms with van der Waals surface area (Å²) in [5, 5.41) is 0. The summed E-state index contributed by atoms with van der Waals surface area (Å²) in [7, 11) is 1.53. The molecule has 1 amide bonds. The normalized spacial score (nSPS) is 11.3. The van der Waals surface area contributed by atoms with Gasteiger partial charge in [-0.2, -0.15) is 13.2 Å². The van der Waals surface area contributed by atoms with E-state index in [4.69, 9.17) is 0 Å². The number of aryl methyl sites for hydroxylation is 1. The fourth-order valence-corrected chi connectivity index (χ4v) is 1.96. The maximum Gasteiger partial charge on any atom is 0.416 e. The molecule has 0 saturated heterocycles. The molecule has 0 radical (unpaired) electrons. The van der Waals surface area contributed by atoms with Gasteiger partial charge in [-0.3, -0.25) is 4.79 Å². The van der Waals surface area contributed by atoms with Crippen molar-refractivity contribution in [3.05, 3.63) is 65.2 Å². The molecule has 0 N–H and O–H groups in total. The van der Waals surface area contributed by atoms with E-state index in [0.29, 0.717) is 11.3 Å². The van der Waals surface area contributed by atoms with Crippen LogP contribution in [-0.4, -0.2) is 13.0 Å². The van der Waals surface area contributed by atoms with Crippen molar-refractivity contribution in [2.24, 2.45) is 0 Å². The van der Waals surface area contributed by atoms with Crippen molar-refractivity contribution in [3.8, 4) is 0 Å². The first-order valence-corrected chi connectivity index (χ1v) is 6.31. The third kappa shape index (κ3) is 3.42. The Balaban J connectivity index is 2.24. The smallest absolute Gasteiger partial charge is 0.311 e. The standard InChI is InChI=1S/C16H14F3NO/c1-11-4-3-5-12(10-11)15(21)20(2)14-8-6-13(7-9-14)16(17,18)19/h3-10H,1-2H3. The second-order valence-electron chi connectivity index (χ2n) is 4.78. The van der Waals surface area contributed by atoms with Gasteiger partial charge in [0.25, 0.3) is 5.91 Å². The van der Waals surface area contributed by atoms with E-state index in [1.807, 2.05) is 13.0 Å². The molecular weight excluding hydrogens is 279 g/mol. The van der Waals surface area contributed by atoms with Crippen LogP contribution >= 0.6 is 0 Å². The van der Waals surface area contributed by atoms with Crippen molar-refractivity contribution in [3.63, 3.8) is 0 Å². The lowest BCUT2D eigenvalue weighted by Crippen LogP contribution is -2.26. The van der Waals surface area contributed by atoms with E-state index in [0.717, 1.165) is 17.7 Å². The number of carbonyl (C=O) groups is 1. The van der Waals surface area contributed by atoms with Crippen molar-refractivity contribution in [2.45, 2.75) is 13.1 Å². The zero-order valence-electron chi connectivity index (χ0n) is 11.6. The molecule has 5 heteroatoms. The number of halogens is 3. The number of benzene rings is 2. The molecule has 110 valence electrons. The third-order valence-corrected chi connectivity index (χ3v) is 3.15. The van der Waals surface area contributed by atoms with Gasteiger partial charge in [-0.25, -0.2) is 0 Å². The minimum absolute atomic E-state index is 0.265. The average molecular weight is 293 g/mol. The molecule has 0 aromatic heterocycles. The van der Waals surface area contributed by atoms with E-state index in [2.05, 4.69) is 0 Å². The Bertz CT molecular complexity index is 647. The summed E-state index contributed by atoms with van der Waals surface area (Å²) in [6.07, 6.45) is -4.38. The molecular formula is C16H14F3NO. The van der Waals surface area contributed by atoms with Crippen LogP contribution in [0.4, 0.5) is 18.9 Å². The molecule has 0 aliphatic heterocycles. The van der Waals surface area contributed by atoms with Crippen LogP contribution in [0.2, 0.25) is 0 Å². The minimum atomic E-state index is -4.38. The molecule has 0 aliphatic rings. The third-order valence-electron chi connectivity index (χ3n) is 3.15. The summed E-state index contributed by atoms with van der Waals surface area (Å²) in [6.45, 7) is 1.87. The SMILES string of the molecule is Cc1cccc(C(=O)N(C)c2ccc(C(F)(F)F)cc2)c1. The van der Waals surface area contributed by atoms with Crippen molar-refractivity contribution >= 4 is 11.6 Å². The second kappa shape index (κ2) is 5.60. The lowest BCUT2D eigenvalue weighted by atomic mass is 10.1. The predicted molar refractivity (Wildman–Crippen MR) is 75.4 cm³/mol. The summed E-state index contributed by atoms with van der Waals surface area (Å²) in [5.74, 6) is -0.265. The predicted octanol–water partition coefficient (Wildman–Crippen LogP) is 4.29. The maximum absolute atomic E-state index is 12.5. The van der Waals surface area contributed by atoms with Crippen LogP contribution in [0.25, 0.3) is 0 Å². The summed E-state index contributed by atoms with van der Waals surface area (Å²) >= 11 is 0. The summed E-state index contributed by atoms with van der Waals surface area (Å²) in [5.41, 5.74) is 1.12. The van der Waals surface area contributed by atoms with Crippen LogP contribution in [0.1, 0.15) is 21.5 Å². The molecule has 21 heavy (non-hydrogen) atoms. The highest BCUT2D eigenvalue weighted by atomic mass is 19.4. The Hall–Kier alpha value is -2.30. The van der Waals surface area contributed by atoms with Gasteiger partial charge in [-0.05, 0) is 43.3 Å². The highest BCUT2D eigenvalue weighted by Gasteiger charge is 2.30. The van der Waals surface area contributed by atoms with Gasteiger partial charge in [-0.1, -0.05) is 17.7 Å². The van der Waals surface area contributed by atoms with Crippen LogP contribution in [0, 0.1) is 6.92 Å². The first kappa shape index (κ1) is 15.1. The van der Waals surface area contributed by atoms with Crippen LogP contribution in [-0.2, 0) is 6.18 Å². The second-order valence-corrected chi connectivity index (χ2v) is 4.78. The Morgan fingerprint density at radius 1 is 1.05 bits per heavy atom. The molecule has 0 bridgehead atoms. The molecule has 2 rings (SSSR count). The molecule has 0 saturated carbocycles. The zero-order valence-corrected chi connectivity index (χ0v) is 11.6. The van der Waals surface area contributed by atoms with E-state index in [9.17, 15) is 18.0 Å².